The van der Waals surface area contributed by atoms with Crippen molar-refractivity contribution in [1.29, 1.82) is 0 Å². The molecule has 2 rings (SSSR count). The lowest BCUT2D eigenvalue weighted by molar-refractivity contribution is -0.131. The van der Waals surface area contributed by atoms with Gasteiger partial charge >= 0.3 is 0 Å². The molecule has 22 heavy (non-hydrogen) atoms. The van der Waals surface area contributed by atoms with Crippen molar-refractivity contribution in [1.82, 2.24) is 9.21 Å². The molecule has 0 unspecified atom stereocenters. The van der Waals surface area contributed by atoms with Crippen LogP contribution in [-0.2, 0) is 14.8 Å². The van der Waals surface area contributed by atoms with Gasteiger partial charge in [-0.2, -0.15) is 4.31 Å². The lowest BCUT2D eigenvalue weighted by Gasteiger charge is -2.33. The Hall–Kier alpha value is -0.760. The van der Waals surface area contributed by atoms with Gasteiger partial charge in [-0.25, -0.2) is 8.42 Å². The van der Waals surface area contributed by atoms with Crippen LogP contribution in [0.3, 0.4) is 0 Å². The Kier molecular flexibility index (Phi) is 6.14. The summed E-state index contributed by atoms with van der Waals surface area (Å²) in [6.07, 6.45) is 1.65. The van der Waals surface area contributed by atoms with E-state index in [1.165, 1.54) is 10.6 Å². The molecule has 1 aromatic carbocycles. The summed E-state index contributed by atoms with van der Waals surface area (Å²) >= 11 is 7.44. The molecule has 1 amide bonds. The fraction of sp³-hybridized carbons (Fsp3) is 0.500. The van der Waals surface area contributed by atoms with E-state index in [0.29, 0.717) is 43.4 Å². The van der Waals surface area contributed by atoms with Gasteiger partial charge in [0.1, 0.15) is 0 Å². The van der Waals surface area contributed by atoms with E-state index in [-0.39, 0.29) is 5.91 Å². The second-order valence-electron chi connectivity index (χ2n) is 5.10. The van der Waals surface area contributed by atoms with E-state index in [1.54, 1.807) is 16.7 Å². The molecule has 0 N–H and O–H groups in total. The summed E-state index contributed by atoms with van der Waals surface area (Å²) in [6, 6.07) is 7.52. The molecule has 0 radical (unpaired) electrons. The molecule has 0 saturated carbocycles. The highest BCUT2D eigenvalue weighted by atomic mass is 35.5. The molecule has 1 saturated heterocycles. The first-order chi connectivity index (χ1) is 10.4. The molecule has 0 bridgehead atoms. The number of rotatable bonds is 5. The minimum absolute atomic E-state index is 0.0783. The van der Waals surface area contributed by atoms with Crippen molar-refractivity contribution in [3.63, 3.8) is 0 Å². The van der Waals surface area contributed by atoms with E-state index in [2.05, 4.69) is 0 Å². The summed E-state index contributed by atoms with van der Waals surface area (Å²) in [5.74, 6) is 0.779. The van der Waals surface area contributed by atoms with Gasteiger partial charge in [0.15, 0.2) is 0 Å². The number of carbonyl (C=O) groups excluding carboxylic acids is 1. The van der Waals surface area contributed by atoms with E-state index in [1.807, 2.05) is 24.3 Å². The molecule has 1 aromatic rings. The van der Waals surface area contributed by atoms with Crippen LogP contribution in [-0.4, -0.2) is 61.7 Å². The third-order valence-electron chi connectivity index (χ3n) is 3.46. The third-order valence-corrected chi connectivity index (χ3v) is 6.03. The number of piperazine rings is 1. The number of sulfonamides is 1. The number of hydrogen-bond donors (Lipinski definition) is 0. The van der Waals surface area contributed by atoms with Gasteiger partial charge in [0.2, 0.25) is 15.9 Å². The lowest BCUT2D eigenvalue weighted by atomic mass is 10.3. The highest BCUT2D eigenvalue weighted by Crippen LogP contribution is 2.21. The Morgan fingerprint density at radius 3 is 2.32 bits per heavy atom. The van der Waals surface area contributed by atoms with Gasteiger partial charge in [-0.3, -0.25) is 4.79 Å². The summed E-state index contributed by atoms with van der Waals surface area (Å²) in [7, 11) is -3.15. The number of benzene rings is 1. The molecule has 122 valence electrons. The fourth-order valence-electron chi connectivity index (χ4n) is 2.21. The molecule has 0 spiro atoms. The first-order valence-electron chi connectivity index (χ1n) is 6.97. The van der Waals surface area contributed by atoms with E-state index in [9.17, 15) is 13.2 Å². The Morgan fingerprint density at radius 1 is 1.18 bits per heavy atom. The number of halogens is 1. The van der Waals surface area contributed by atoms with Crippen LogP contribution in [0, 0.1) is 0 Å². The monoisotopic (exact) mass is 362 g/mol. The Labute approximate surface area is 140 Å². The lowest BCUT2D eigenvalue weighted by Crippen LogP contribution is -2.50. The van der Waals surface area contributed by atoms with Crippen LogP contribution in [0.2, 0.25) is 5.02 Å². The van der Waals surface area contributed by atoms with Crippen molar-refractivity contribution >= 4 is 39.3 Å². The van der Waals surface area contributed by atoms with Crippen molar-refractivity contribution < 1.29 is 13.2 Å². The maximum atomic E-state index is 12.1. The molecule has 0 aromatic heterocycles. The van der Waals surface area contributed by atoms with Crippen molar-refractivity contribution in [3.05, 3.63) is 29.3 Å². The van der Waals surface area contributed by atoms with Crippen LogP contribution in [0.15, 0.2) is 29.2 Å². The van der Waals surface area contributed by atoms with Crippen LogP contribution in [0.4, 0.5) is 0 Å². The molecule has 0 atom stereocenters. The zero-order chi connectivity index (χ0) is 16.2. The Morgan fingerprint density at radius 2 is 1.77 bits per heavy atom. The predicted molar refractivity (Wildman–Crippen MR) is 89.8 cm³/mol. The minimum atomic E-state index is -3.15. The third kappa shape index (κ3) is 5.15. The largest absolute Gasteiger partial charge is 0.340 e. The molecular formula is C14H19ClN2O3S2. The zero-order valence-electron chi connectivity index (χ0n) is 12.4. The average molecular weight is 363 g/mol. The van der Waals surface area contributed by atoms with Crippen molar-refractivity contribution in [2.24, 2.45) is 0 Å². The van der Waals surface area contributed by atoms with Crippen molar-refractivity contribution in [2.75, 3.05) is 38.2 Å². The second kappa shape index (κ2) is 7.68. The van der Waals surface area contributed by atoms with Crippen LogP contribution < -0.4 is 0 Å². The van der Waals surface area contributed by atoms with Gasteiger partial charge in [0, 0.05) is 48.3 Å². The normalized spacial score (nSPS) is 16.7. The van der Waals surface area contributed by atoms with E-state index < -0.39 is 10.0 Å². The standard InChI is InChI=1S/C14H19ClN2O3S2/c1-22(19,20)17-9-7-16(8-10-17)14(18)6-11-21-13-4-2-12(15)3-5-13/h2-5H,6-11H2,1H3. The van der Waals surface area contributed by atoms with E-state index >= 15 is 0 Å². The fourth-order valence-corrected chi connectivity index (χ4v) is 4.01. The molecule has 1 heterocycles. The summed E-state index contributed by atoms with van der Waals surface area (Å²) < 4.78 is 24.3. The Balaban J connectivity index is 1.73. The molecular weight excluding hydrogens is 344 g/mol. The van der Waals surface area contributed by atoms with Gasteiger partial charge in [-0.1, -0.05) is 11.6 Å². The summed E-state index contributed by atoms with van der Waals surface area (Å²) in [5, 5.41) is 0.698. The number of hydrogen-bond acceptors (Lipinski definition) is 4. The first kappa shape index (κ1) is 17.6. The number of thioether (sulfide) groups is 1. The predicted octanol–water partition coefficient (Wildman–Crippen LogP) is 1.93. The summed E-state index contributed by atoms with van der Waals surface area (Å²) in [4.78, 5) is 14.9. The quantitative estimate of drug-likeness (QED) is 0.751. The number of nitrogens with zero attached hydrogens (tertiary/aromatic N) is 2. The van der Waals surface area contributed by atoms with Gasteiger partial charge in [0.25, 0.3) is 0 Å². The molecule has 0 aliphatic carbocycles. The van der Waals surface area contributed by atoms with Crippen LogP contribution >= 0.6 is 23.4 Å². The van der Waals surface area contributed by atoms with Crippen LogP contribution in [0.5, 0.6) is 0 Å². The van der Waals surface area contributed by atoms with Gasteiger partial charge in [-0.15, -0.1) is 11.8 Å². The molecule has 1 aliphatic rings. The Bertz CT molecular complexity index is 611. The van der Waals surface area contributed by atoms with Gasteiger partial charge in [-0.05, 0) is 24.3 Å². The van der Waals surface area contributed by atoms with Gasteiger partial charge in [0.05, 0.1) is 6.26 Å². The second-order valence-corrected chi connectivity index (χ2v) is 8.68. The van der Waals surface area contributed by atoms with Crippen molar-refractivity contribution in [2.45, 2.75) is 11.3 Å². The SMILES string of the molecule is CS(=O)(=O)N1CCN(C(=O)CCSc2ccc(Cl)cc2)CC1. The van der Waals surface area contributed by atoms with E-state index in [4.69, 9.17) is 11.6 Å². The van der Waals surface area contributed by atoms with Gasteiger partial charge < -0.3 is 4.90 Å². The smallest absolute Gasteiger partial charge is 0.223 e. The van der Waals surface area contributed by atoms with Crippen molar-refractivity contribution in [3.8, 4) is 0 Å². The number of amides is 1. The first-order valence-corrected chi connectivity index (χ1v) is 10.2. The molecule has 1 fully saturated rings. The van der Waals surface area contributed by atoms with Crippen LogP contribution in [0.25, 0.3) is 0 Å². The highest BCUT2D eigenvalue weighted by molar-refractivity contribution is 7.99. The molecule has 5 nitrogen and oxygen atoms in total. The molecule has 8 heteroatoms. The maximum Gasteiger partial charge on any atom is 0.223 e. The number of carbonyl (C=O) groups is 1. The summed E-state index contributed by atoms with van der Waals surface area (Å²) in [5.41, 5.74) is 0. The summed E-state index contributed by atoms with van der Waals surface area (Å²) in [6.45, 7) is 1.71. The minimum Gasteiger partial charge on any atom is -0.340 e. The average Bonchev–Trinajstić information content (AvgIpc) is 2.48. The highest BCUT2D eigenvalue weighted by Gasteiger charge is 2.25. The van der Waals surface area contributed by atoms with Crippen LogP contribution in [0.1, 0.15) is 6.42 Å². The maximum absolute atomic E-state index is 12.1. The molecule has 1 aliphatic heterocycles. The zero-order valence-corrected chi connectivity index (χ0v) is 14.8. The van der Waals surface area contributed by atoms with E-state index in [0.717, 1.165) is 4.90 Å². The topological polar surface area (TPSA) is 57.7 Å².